The summed E-state index contributed by atoms with van der Waals surface area (Å²) in [6.45, 7) is 11.8. The average Bonchev–Trinajstić information content (AvgIpc) is 2.85. The highest BCUT2D eigenvalue weighted by Crippen LogP contribution is 2.15. The molecule has 0 aliphatic heterocycles. The minimum absolute atomic E-state index is 0.0544. The zero-order valence-electron chi connectivity index (χ0n) is 20.6. The molecule has 0 radical (unpaired) electrons. The van der Waals surface area contributed by atoms with E-state index in [1.807, 2.05) is 40.7 Å². The van der Waals surface area contributed by atoms with E-state index in [0.29, 0.717) is 25.9 Å². The van der Waals surface area contributed by atoms with Gasteiger partial charge in [-0.15, -0.1) is 0 Å². The molecule has 0 spiro atoms. The predicted molar refractivity (Wildman–Crippen MR) is 119 cm³/mol. The summed E-state index contributed by atoms with van der Waals surface area (Å²) in [6, 6.07) is 3.55. The van der Waals surface area contributed by atoms with Gasteiger partial charge in [-0.3, -0.25) is 4.79 Å². The Labute approximate surface area is 198 Å². The minimum Gasteiger partial charge on any atom is -0.481 e. The van der Waals surface area contributed by atoms with Crippen LogP contribution < -0.4 is 4.68 Å². The molecule has 0 amide bonds. The fourth-order valence-electron chi connectivity index (χ4n) is 1.42. The lowest BCUT2D eigenvalue weighted by Gasteiger charge is -1.99. The fraction of sp³-hybridized carbons (Fsp3) is 0.500. The molecule has 34 heavy (non-hydrogen) atoms. The molecule has 9 nitrogen and oxygen atoms in total. The van der Waals surface area contributed by atoms with E-state index in [-0.39, 0.29) is 12.2 Å². The second-order valence-corrected chi connectivity index (χ2v) is 5.44. The van der Waals surface area contributed by atoms with Crippen molar-refractivity contribution in [2.75, 3.05) is 7.11 Å². The van der Waals surface area contributed by atoms with Crippen molar-refractivity contribution in [3.8, 4) is 11.4 Å². The molecule has 12 heteroatoms. The van der Waals surface area contributed by atoms with Gasteiger partial charge in [0.05, 0.1) is 7.11 Å². The Morgan fingerprint density at radius 3 is 1.88 bits per heavy atom. The molecule has 192 valence electrons. The van der Waals surface area contributed by atoms with E-state index < -0.39 is 18.1 Å². The summed E-state index contributed by atoms with van der Waals surface area (Å²) in [7, 11) is 0.676. The Hall–Kier alpha value is -3.44. The van der Waals surface area contributed by atoms with Crippen molar-refractivity contribution in [1.82, 2.24) is 15.1 Å². The maximum absolute atomic E-state index is 11.0. The van der Waals surface area contributed by atoms with Crippen molar-refractivity contribution >= 4 is 17.7 Å². The molecule has 0 atom stereocenters. The topological polar surface area (TPSA) is 123 Å². The lowest BCUT2D eigenvalue weighted by molar-refractivity contribution is -0.752. The molecule has 0 fully saturated rings. The van der Waals surface area contributed by atoms with Gasteiger partial charge in [-0.1, -0.05) is 39.3 Å². The summed E-state index contributed by atoms with van der Waals surface area (Å²) >= 11 is 0. The molecule has 2 rings (SSSR count). The number of Topliss-reactive ketones (excluding diaryl/α,β-unsaturated/α-hetero) is 1. The third-order valence-electron chi connectivity index (χ3n) is 3.06. The van der Waals surface area contributed by atoms with E-state index in [9.17, 15) is 27.6 Å². The molecule has 2 aromatic rings. The highest BCUT2D eigenvalue weighted by molar-refractivity contribution is 5.75. The van der Waals surface area contributed by atoms with Gasteiger partial charge < -0.3 is 14.6 Å². The number of carbonyl (C=O) groups is 3. The number of carboxylic acids is 1. The molecule has 0 saturated carbocycles. The van der Waals surface area contributed by atoms with Crippen molar-refractivity contribution in [3.05, 3.63) is 36.9 Å². The first-order chi connectivity index (χ1) is 16.0. The number of ether oxygens (including phenoxy) is 1. The number of halogens is 3. The molecule has 0 saturated heterocycles. The van der Waals surface area contributed by atoms with Gasteiger partial charge in [0, 0.05) is 30.4 Å². The fourth-order valence-corrected chi connectivity index (χ4v) is 1.42. The largest absolute Gasteiger partial charge is 0.490 e. The average molecular weight is 492 g/mol. The third-order valence-corrected chi connectivity index (χ3v) is 3.06. The molecule has 2 heterocycles. The standard InChI is InChI=1S/C11H10N4O2.C4H8O.C3H3F3O2.2C2H6/c16-10(17)3-7-15-6-2-9(8-14-15)11-12-4-1-5-13-11;1-3-4(2)5;1-8-2(7)3(4,5)6;2*1-2/h1-2,4-6,8H,3,7H2;3H2,1-2H3;1H3;2*1-2H3/p+1. The van der Waals surface area contributed by atoms with Crippen molar-refractivity contribution in [3.63, 3.8) is 0 Å². The number of esters is 1. The van der Waals surface area contributed by atoms with E-state index in [2.05, 4.69) is 19.8 Å². The molecule has 0 aromatic carbocycles. The zero-order valence-corrected chi connectivity index (χ0v) is 20.6. The van der Waals surface area contributed by atoms with E-state index in [4.69, 9.17) is 5.11 Å². The van der Waals surface area contributed by atoms with Gasteiger partial charge in [0.15, 0.2) is 18.6 Å². The number of aryl methyl sites for hydroxylation is 1. The molecular formula is C22H34F3N4O5+. The molecule has 0 aliphatic rings. The molecule has 1 N–H and O–H groups in total. The number of rotatable bonds is 5. The minimum atomic E-state index is -4.85. The van der Waals surface area contributed by atoms with Crippen LogP contribution in [0.3, 0.4) is 0 Å². The Morgan fingerprint density at radius 2 is 1.59 bits per heavy atom. The highest BCUT2D eigenvalue weighted by atomic mass is 19.4. The van der Waals surface area contributed by atoms with Crippen molar-refractivity contribution in [2.24, 2.45) is 0 Å². The van der Waals surface area contributed by atoms with Gasteiger partial charge in [0.1, 0.15) is 18.4 Å². The van der Waals surface area contributed by atoms with Crippen LogP contribution in [0.4, 0.5) is 13.2 Å². The number of nitrogens with zero attached hydrogens (tertiary/aromatic N) is 4. The van der Waals surface area contributed by atoms with Gasteiger partial charge in [0.2, 0.25) is 0 Å². The normalized spacial score (nSPS) is 9.12. The molecule has 0 bridgehead atoms. The summed E-state index contributed by atoms with van der Waals surface area (Å²) in [5.41, 5.74) is 0.803. The zero-order chi connectivity index (χ0) is 27.2. The van der Waals surface area contributed by atoms with Crippen LogP contribution in [0.15, 0.2) is 36.9 Å². The van der Waals surface area contributed by atoms with Crippen LogP contribution in [0.1, 0.15) is 54.4 Å². The van der Waals surface area contributed by atoms with E-state index >= 15 is 0 Å². The molecule has 0 unspecified atom stereocenters. The lowest BCUT2D eigenvalue weighted by atomic mass is 10.3. The smallest absolute Gasteiger partial charge is 0.481 e. The van der Waals surface area contributed by atoms with Crippen LogP contribution in [0.5, 0.6) is 0 Å². The number of methoxy groups -OCH3 is 1. The van der Waals surface area contributed by atoms with Gasteiger partial charge in [-0.2, -0.15) is 13.2 Å². The predicted octanol–water partition coefficient (Wildman–Crippen LogP) is 4.06. The van der Waals surface area contributed by atoms with Gasteiger partial charge in [-0.25, -0.2) is 14.8 Å². The molecule has 0 aliphatic carbocycles. The van der Waals surface area contributed by atoms with E-state index in [1.165, 1.54) is 0 Å². The summed E-state index contributed by atoms with van der Waals surface area (Å²) < 4.78 is 37.8. The maximum atomic E-state index is 11.0. The van der Waals surface area contributed by atoms with Crippen LogP contribution in [0.2, 0.25) is 0 Å². The van der Waals surface area contributed by atoms with Crippen LogP contribution in [0.25, 0.3) is 11.4 Å². The highest BCUT2D eigenvalue weighted by Gasteiger charge is 2.40. The van der Waals surface area contributed by atoms with Crippen molar-refractivity contribution in [1.29, 1.82) is 0 Å². The molecular weight excluding hydrogens is 457 g/mol. The first kappa shape index (κ1) is 35.2. The quantitative estimate of drug-likeness (QED) is 0.491. The summed E-state index contributed by atoms with van der Waals surface area (Å²) in [6.07, 6.45) is 2.53. The summed E-state index contributed by atoms with van der Waals surface area (Å²) in [5, 5.41) is 12.6. The van der Waals surface area contributed by atoms with Crippen LogP contribution in [0, 0.1) is 0 Å². The first-order valence-corrected chi connectivity index (χ1v) is 10.5. The molecule has 2 aromatic heterocycles. The number of hydrogen-bond donors (Lipinski definition) is 1. The first-order valence-electron chi connectivity index (χ1n) is 10.5. The number of aliphatic carboxylic acids is 1. The monoisotopic (exact) mass is 491 g/mol. The Balaban J connectivity index is -0.000000474. The summed E-state index contributed by atoms with van der Waals surface area (Å²) in [4.78, 5) is 37.9. The second-order valence-electron chi connectivity index (χ2n) is 5.44. The van der Waals surface area contributed by atoms with Crippen LogP contribution in [-0.4, -0.2) is 51.2 Å². The number of hydrogen-bond acceptors (Lipinski definition) is 7. The number of alkyl halides is 3. The van der Waals surface area contributed by atoms with Crippen LogP contribution >= 0.6 is 0 Å². The van der Waals surface area contributed by atoms with Gasteiger partial charge >= 0.3 is 18.1 Å². The van der Waals surface area contributed by atoms with E-state index in [0.717, 1.165) is 5.56 Å². The second kappa shape index (κ2) is 21.4. The van der Waals surface area contributed by atoms with Crippen LogP contribution in [-0.2, 0) is 25.7 Å². The van der Waals surface area contributed by atoms with Gasteiger partial charge in [0.25, 0.3) is 0 Å². The van der Waals surface area contributed by atoms with Crippen molar-refractivity contribution in [2.45, 2.75) is 67.1 Å². The number of carbonyl (C=O) groups excluding carboxylic acids is 2. The third kappa shape index (κ3) is 19.3. The lowest BCUT2D eigenvalue weighted by Crippen LogP contribution is -2.38. The van der Waals surface area contributed by atoms with Crippen molar-refractivity contribution < 1.29 is 42.1 Å². The van der Waals surface area contributed by atoms with Gasteiger partial charge in [-0.05, 0) is 18.1 Å². The number of ketones is 1. The SMILES string of the molecule is CC.CC.CCC(C)=O.COC(=O)C(F)(F)F.O=C(O)CC[n+]1ccc(-c2ncccn2)cn1. The van der Waals surface area contributed by atoms with E-state index in [1.54, 1.807) is 42.5 Å². The Morgan fingerprint density at radius 1 is 1.09 bits per heavy atom. The number of aromatic nitrogens is 4. The number of carboxylic acid groups (broad SMARTS) is 1. The maximum Gasteiger partial charge on any atom is 0.490 e. The Kier molecular flexibility index (Phi) is 22.1. The Bertz CT molecular complexity index is 802. The summed E-state index contributed by atoms with van der Waals surface area (Å²) in [5.74, 6) is -2.15.